The summed E-state index contributed by atoms with van der Waals surface area (Å²) in [5.74, 6) is 0. The average Bonchev–Trinajstić information content (AvgIpc) is 3.03. The van der Waals surface area contributed by atoms with Crippen LogP contribution in [0.1, 0.15) is 16.7 Å². The van der Waals surface area contributed by atoms with E-state index in [0.29, 0.717) is 13.2 Å². The number of benzene rings is 3. The van der Waals surface area contributed by atoms with Gasteiger partial charge in [0.15, 0.2) is 0 Å². The van der Waals surface area contributed by atoms with Gasteiger partial charge in [0, 0.05) is 4.91 Å². The Kier molecular flexibility index (Phi) is 9.06. The monoisotopic (exact) mass is 471 g/mol. The summed E-state index contributed by atoms with van der Waals surface area (Å²) in [6.45, 7) is 0.936. The Bertz CT molecular complexity index is 1100. The molecule has 1 unspecified atom stereocenters. The summed E-state index contributed by atoms with van der Waals surface area (Å²) in [4.78, 5) is 2.92. The number of azide groups is 1. The Labute approximate surface area is 205 Å². The van der Waals surface area contributed by atoms with Gasteiger partial charge in [-0.05, 0) is 22.2 Å². The lowest BCUT2D eigenvalue weighted by Crippen LogP contribution is -2.49. The van der Waals surface area contributed by atoms with Crippen molar-refractivity contribution in [1.82, 2.24) is 0 Å². The smallest absolute Gasteiger partial charge is 0.116 e. The Balaban J connectivity index is 1.60. The van der Waals surface area contributed by atoms with Crippen LogP contribution in [0.5, 0.6) is 0 Å². The van der Waals surface area contributed by atoms with E-state index in [1.165, 1.54) is 0 Å². The molecule has 5 atom stereocenters. The second-order valence-electron chi connectivity index (χ2n) is 8.35. The van der Waals surface area contributed by atoms with Crippen LogP contribution in [0, 0.1) is 0 Å². The lowest BCUT2D eigenvalue weighted by molar-refractivity contribution is -0.167. The van der Waals surface area contributed by atoms with Gasteiger partial charge in [0.1, 0.15) is 18.3 Å². The first kappa shape index (κ1) is 24.7. The molecular formula is C28H29N3O4. The minimum absolute atomic E-state index is 0.266. The summed E-state index contributed by atoms with van der Waals surface area (Å²) in [6.07, 6.45) is 0.376. The highest BCUT2D eigenvalue weighted by Crippen LogP contribution is 2.27. The van der Waals surface area contributed by atoms with Crippen LogP contribution in [0.4, 0.5) is 0 Å². The summed E-state index contributed by atoms with van der Waals surface area (Å²) < 4.78 is 18.9. The molecule has 3 aromatic rings. The van der Waals surface area contributed by atoms with E-state index in [9.17, 15) is 5.11 Å². The number of nitrogens with zero attached hydrogens (tertiary/aromatic N) is 3. The molecule has 1 N–H and O–H groups in total. The quantitative estimate of drug-likeness (QED) is 0.186. The molecule has 0 spiro atoms. The first-order valence-corrected chi connectivity index (χ1v) is 11.6. The van der Waals surface area contributed by atoms with Gasteiger partial charge in [-0.1, -0.05) is 108 Å². The third kappa shape index (κ3) is 7.02. The molecule has 0 radical (unpaired) electrons. The highest BCUT2D eigenvalue weighted by atomic mass is 16.6. The summed E-state index contributed by atoms with van der Waals surface area (Å²) in [6, 6.07) is 28.5. The molecule has 0 aliphatic heterocycles. The van der Waals surface area contributed by atoms with Gasteiger partial charge in [-0.15, -0.1) is 0 Å². The van der Waals surface area contributed by atoms with Crippen LogP contribution in [0.25, 0.3) is 10.4 Å². The minimum atomic E-state index is -1.11. The predicted molar refractivity (Wildman–Crippen MR) is 133 cm³/mol. The first-order chi connectivity index (χ1) is 17.2. The molecule has 3 aromatic carbocycles. The Morgan fingerprint density at radius 3 is 1.60 bits per heavy atom. The zero-order valence-corrected chi connectivity index (χ0v) is 19.3. The SMILES string of the molecule is [N-]=[N+]=NC1C=C[C@H](OCc2ccccc2)[C@@H](OCc2ccccc2)[C@H](OCc2ccccc2)[C@@H]1O. The first-order valence-electron chi connectivity index (χ1n) is 11.6. The zero-order chi connectivity index (χ0) is 24.3. The second-order valence-corrected chi connectivity index (χ2v) is 8.35. The van der Waals surface area contributed by atoms with Gasteiger partial charge < -0.3 is 19.3 Å². The van der Waals surface area contributed by atoms with Gasteiger partial charge in [-0.3, -0.25) is 0 Å². The summed E-state index contributed by atoms with van der Waals surface area (Å²) in [5, 5.41) is 15.0. The van der Waals surface area contributed by atoms with Crippen molar-refractivity contribution in [2.75, 3.05) is 0 Å². The number of ether oxygens (including phenoxy) is 3. The van der Waals surface area contributed by atoms with Crippen LogP contribution in [0.15, 0.2) is 108 Å². The van der Waals surface area contributed by atoms with Crippen LogP contribution in [-0.4, -0.2) is 35.6 Å². The highest BCUT2D eigenvalue weighted by Gasteiger charge is 2.41. The number of hydrogen-bond donors (Lipinski definition) is 1. The van der Waals surface area contributed by atoms with Crippen molar-refractivity contribution >= 4 is 0 Å². The molecule has 0 heterocycles. The molecule has 0 aromatic heterocycles. The molecule has 7 nitrogen and oxygen atoms in total. The van der Waals surface area contributed by atoms with E-state index >= 15 is 0 Å². The molecule has 0 amide bonds. The molecular weight excluding hydrogens is 442 g/mol. The number of aliphatic hydroxyl groups is 1. The van der Waals surface area contributed by atoms with Gasteiger partial charge in [0.2, 0.25) is 0 Å². The van der Waals surface area contributed by atoms with Crippen LogP contribution in [0.2, 0.25) is 0 Å². The van der Waals surface area contributed by atoms with Gasteiger partial charge in [-0.25, -0.2) is 0 Å². The van der Waals surface area contributed by atoms with Crippen LogP contribution in [0.3, 0.4) is 0 Å². The molecule has 180 valence electrons. The van der Waals surface area contributed by atoms with Crippen molar-refractivity contribution in [2.24, 2.45) is 5.11 Å². The van der Waals surface area contributed by atoms with Crippen LogP contribution >= 0.6 is 0 Å². The maximum absolute atomic E-state index is 11.2. The van der Waals surface area contributed by atoms with Crippen LogP contribution in [-0.2, 0) is 34.0 Å². The van der Waals surface area contributed by atoms with E-state index in [1.807, 2.05) is 91.0 Å². The molecule has 35 heavy (non-hydrogen) atoms. The second kappa shape index (κ2) is 12.9. The van der Waals surface area contributed by atoms with Gasteiger partial charge in [0.25, 0.3) is 0 Å². The Morgan fingerprint density at radius 2 is 1.11 bits per heavy atom. The van der Waals surface area contributed by atoms with E-state index in [4.69, 9.17) is 19.7 Å². The van der Waals surface area contributed by atoms with Crippen molar-refractivity contribution in [1.29, 1.82) is 0 Å². The molecule has 1 aliphatic rings. The molecule has 1 aliphatic carbocycles. The Morgan fingerprint density at radius 1 is 0.657 bits per heavy atom. The van der Waals surface area contributed by atoms with Gasteiger partial charge in [-0.2, -0.15) is 0 Å². The number of hydrogen-bond acceptors (Lipinski definition) is 5. The fourth-order valence-electron chi connectivity index (χ4n) is 4.02. The molecule has 0 fully saturated rings. The standard InChI is InChI=1S/C28H29N3O4/c29-31-30-24-16-17-25(33-18-21-10-4-1-5-11-21)27(34-19-22-12-6-2-7-13-22)28(26(24)32)35-20-23-14-8-3-9-15-23/h1-17,24-28,32H,18-20H2/t24?,25-,26+,27+,28+/m0/s1. The molecule has 7 heteroatoms. The largest absolute Gasteiger partial charge is 0.390 e. The molecule has 4 rings (SSSR count). The Hall–Kier alpha value is -3.45. The topological polar surface area (TPSA) is 96.7 Å². The average molecular weight is 472 g/mol. The van der Waals surface area contributed by atoms with Crippen molar-refractivity contribution in [3.63, 3.8) is 0 Å². The fraction of sp³-hybridized carbons (Fsp3) is 0.286. The molecule has 0 bridgehead atoms. The van der Waals surface area contributed by atoms with E-state index in [1.54, 1.807) is 12.2 Å². The van der Waals surface area contributed by atoms with Crippen LogP contribution < -0.4 is 0 Å². The number of rotatable bonds is 10. The third-order valence-electron chi connectivity index (χ3n) is 5.87. The van der Waals surface area contributed by atoms with Gasteiger partial charge >= 0.3 is 0 Å². The number of aliphatic hydroxyl groups excluding tert-OH is 1. The van der Waals surface area contributed by atoms with E-state index in [0.717, 1.165) is 16.7 Å². The lowest BCUT2D eigenvalue weighted by Gasteiger charge is -2.34. The van der Waals surface area contributed by atoms with Gasteiger partial charge in [0.05, 0.1) is 32.0 Å². The summed E-state index contributed by atoms with van der Waals surface area (Å²) in [5.41, 5.74) is 12.0. The van der Waals surface area contributed by atoms with Crippen molar-refractivity contribution in [3.05, 3.63) is 130 Å². The van der Waals surface area contributed by atoms with Crippen molar-refractivity contribution in [2.45, 2.75) is 50.3 Å². The maximum Gasteiger partial charge on any atom is 0.116 e. The summed E-state index contributed by atoms with van der Waals surface area (Å²) >= 11 is 0. The van der Waals surface area contributed by atoms with Crippen molar-refractivity contribution < 1.29 is 19.3 Å². The fourth-order valence-corrected chi connectivity index (χ4v) is 4.02. The lowest BCUT2D eigenvalue weighted by atomic mass is 10.0. The predicted octanol–water partition coefficient (Wildman–Crippen LogP) is 5.35. The minimum Gasteiger partial charge on any atom is -0.390 e. The molecule has 0 saturated heterocycles. The van der Waals surface area contributed by atoms with E-state index < -0.39 is 30.5 Å². The molecule has 0 saturated carbocycles. The zero-order valence-electron chi connectivity index (χ0n) is 19.3. The highest BCUT2D eigenvalue weighted by molar-refractivity contribution is 5.17. The summed E-state index contributed by atoms with van der Waals surface area (Å²) in [7, 11) is 0. The van der Waals surface area contributed by atoms with Crippen molar-refractivity contribution in [3.8, 4) is 0 Å². The van der Waals surface area contributed by atoms with E-state index in [-0.39, 0.29) is 6.61 Å². The van der Waals surface area contributed by atoms with E-state index in [2.05, 4.69) is 10.0 Å². The maximum atomic E-state index is 11.2. The normalized spacial score (nSPS) is 23.9. The third-order valence-corrected chi connectivity index (χ3v) is 5.87.